The molecule has 0 atom stereocenters. The van der Waals surface area contributed by atoms with Crippen molar-refractivity contribution in [3.63, 3.8) is 0 Å². The molecule has 0 aliphatic carbocycles. The summed E-state index contributed by atoms with van der Waals surface area (Å²) in [6.45, 7) is 0.0696. The molecule has 0 saturated heterocycles. The quantitative estimate of drug-likeness (QED) is 0.452. The number of furan rings is 2. The molecular weight excluding hydrogens is 360 g/mol. The number of carbonyl (C=O) groups is 2. The fourth-order valence-corrected chi connectivity index (χ4v) is 2.88. The fraction of sp³-hybridized carbons (Fsp3) is 0.0909. The number of hydrogen-bond donors (Lipinski definition) is 0. The first-order chi connectivity index (χ1) is 13.7. The van der Waals surface area contributed by atoms with Crippen LogP contribution in [-0.2, 0) is 22.7 Å². The number of fused-ring (bicyclic) bond motifs is 1. The van der Waals surface area contributed by atoms with Crippen LogP contribution in [-0.4, -0.2) is 11.9 Å². The molecule has 6 nitrogen and oxygen atoms in total. The van der Waals surface area contributed by atoms with E-state index in [0.717, 1.165) is 0 Å². The summed E-state index contributed by atoms with van der Waals surface area (Å²) in [6, 6.07) is 17.2. The third-order valence-electron chi connectivity index (χ3n) is 4.21. The van der Waals surface area contributed by atoms with E-state index in [4.69, 9.17) is 18.3 Å². The van der Waals surface area contributed by atoms with Gasteiger partial charge in [-0.05, 0) is 47.2 Å². The minimum Gasteiger partial charge on any atom is -0.466 e. The molecule has 0 N–H and O–H groups in total. The van der Waals surface area contributed by atoms with E-state index in [-0.39, 0.29) is 13.2 Å². The molecule has 4 rings (SSSR count). The van der Waals surface area contributed by atoms with Gasteiger partial charge in [-0.25, -0.2) is 9.59 Å². The van der Waals surface area contributed by atoms with Gasteiger partial charge in [-0.1, -0.05) is 24.3 Å². The van der Waals surface area contributed by atoms with Crippen molar-refractivity contribution in [2.75, 3.05) is 0 Å². The maximum Gasteiger partial charge on any atom is 0.339 e. The van der Waals surface area contributed by atoms with E-state index in [9.17, 15) is 9.59 Å². The van der Waals surface area contributed by atoms with E-state index >= 15 is 0 Å². The van der Waals surface area contributed by atoms with Gasteiger partial charge in [0.1, 0.15) is 24.7 Å². The maximum atomic E-state index is 12.5. The van der Waals surface area contributed by atoms with E-state index in [0.29, 0.717) is 33.4 Å². The first-order valence-electron chi connectivity index (χ1n) is 8.63. The van der Waals surface area contributed by atoms with Gasteiger partial charge in [-0.3, -0.25) is 0 Å². The second-order valence-electron chi connectivity index (χ2n) is 6.02. The Kier molecular flexibility index (Phi) is 4.93. The lowest BCUT2D eigenvalue weighted by molar-refractivity contribution is 0.0438. The number of esters is 2. The minimum absolute atomic E-state index is 0.0348. The number of carbonyl (C=O) groups excluding carboxylic acids is 2. The predicted octanol–water partition coefficient (Wildman–Crippen LogP) is 4.74. The zero-order valence-electron chi connectivity index (χ0n) is 14.8. The Morgan fingerprint density at radius 2 is 1.11 bits per heavy atom. The largest absolute Gasteiger partial charge is 0.466 e. The third kappa shape index (κ3) is 3.66. The Bertz CT molecular complexity index is 1000. The highest BCUT2D eigenvalue weighted by molar-refractivity contribution is 6.11. The highest BCUT2D eigenvalue weighted by atomic mass is 16.5. The normalized spacial score (nSPS) is 10.7. The summed E-state index contributed by atoms with van der Waals surface area (Å²) in [5, 5.41) is 1.22. The molecule has 0 unspecified atom stereocenters. The van der Waals surface area contributed by atoms with Crippen LogP contribution in [0.4, 0.5) is 0 Å². The molecule has 0 radical (unpaired) electrons. The summed E-state index contributed by atoms with van der Waals surface area (Å²) >= 11 is 0. The SMILES string of the molecule is O=C(OCc1ccco1)c1cccc2c(C(=O)OCc3ccco3)cccc12. The molecule has 2 aromatic heterocycles. The Morgan fingerprint density at radius 3 is 1.50 bits per heavy atom. The lowest BCUT2D eigenvalue weighted by Crippen LogP contribution is -2.08. The van der Waals surface area contributed by atoms with Crippen molar-refractivity contribution in [1.29, 1.82) is 0 Å². The number of hydrogen-bond acceptors (Lipinski definition) is 6. The Labute approximate surface area is 160 Å². The average Bonchev–Trinajstić information content (AvgIpc) is 3.43. The molecule has 140 valence electrons. The van der Waals surface area contributed by atoms with Crippen molar-refractivity contribution >= 4 is 22.7 Å². The molecule has 0 amide bonds. The molecule has 2 aromatic carbocycles. The van der Waals surface area contributed by atoms with E-state index in [1.807, 2.05) is 0 Å². The van der Waals surface area contributed by atoms with E-state index in [2.05, 4.69) is 0 Å². The topological polar surface area (TPSA) is 78.9 Å². The first-order valence-corrected chi connectivity index (χ1v) is 8.63. The minimum atomic E-state index is -0.497. The summed E-state index contributed by atoms with van der Waals surface area (Å²) in [4.78, 5) is 25.0. The van der Waals surface area contributed by atoms with Crippen LogP contribution >= 0.6 is 0 Å². The lowest BCUT2D eigenvalue weighted by atomic mass is 10.00. The van der Waals surface area contributed by atoms with Crippen LogP contribution in [0.1, 0.15) is 32.2 Å². The monoisotopic (exact) mass is 376 g/mol. The molecule has 0 bridgehead atoms. The molecule has 0 aliphatic rings. The molecule has 0 aliphatic heterocycles. The Hall–Kier alpha value is -3.80. The van der Waals surface area contributed by atoms with E-state index in [1.165, 1.54) is 12.5 Å². The van der Waals surface area contributed by atoms with Gasteiger partial charge in [0, 0.05) is 0 Å². The second-order valence-corrected chi connectivity index (χ2v) is 6.02. The van der Waals surface area contributed by atoms with E-state index in [1.54, 1.807) is 60.7 Å². The first kappa shape index (κ1) is 17.6. The maximum absolute atomic E-state index is 12.5. The van der Waals surface area contributed by atoms with Crippen LogP contribution in [0, 0.1) is 0 Å². The van der Waals surface area contributed by atoms with Crippen LogP contribution in [0.25, 0.3) is 10.8 Å². The summed E-state index contributed by atoms with van der Waals surface area (Å²) < 4.78 is 21.0. The van der Waals surface area contributed by atoms with Gasteiger partial charge in [0.25, 0.3) is 0 Å². The van der Waals surface area contributed by atoms with Crippen molar-refractivity contribution in [3.05, 3.63) is 95.8 Å². The highest BCUT2D eigenvalue weighted by Gasteiger charge is 2.17. The number of benzene rings is 2. The van der Waals surface area contributed by atoms with Crippen LogP contribution in [0.2, 0.25) is 0 Å². The van der Waals surface area contributed by atoms with Crippen molar-refractivity contribution in [2.45, 2.75) is 13.2 Å². The Balaban J connectivity index is 1.57. The lowest BCUT2D eigenvalue weighted by Gasteiger charge is -2.10. The van der Waals surface area contributed by atoms with Gasteiger partial charge in [0.2, 0.25) is 0 Å². The fourth-order valence-electron chi connectivity index (χ4n) is 2.88. The standard InChI is InChI=1S/C22H16O6/c23-21(27-13-15-5-3-11-25-15)19-9-1-7-17-18(19)8-2-10-20(17)22(24)28-14-16-6-4-12-26-16/h1-12H,13-14H2. The number of rotatable bonds is 6. The molecule has 6 heteroatoms. The van der Waals surface area contributed by atoms with Crippen molar-refractivity contribution in [1.82, 2.24) is 0 Å². The van der Waals surface area contributed by atoms with Crippen molar-refractivity contribution < 1.29 is 27.9 Å². The van der Waals surface area contributed by atoms with Gasteiger partial charge in [0.15, 0.2) is 0 Å². The molecule has 2 heterocycles. The predicted molar refractivity (Wildman–Crippen MR) is 99.6 cm³/mol. The van der Waals surface area contributed by atoms with Gasteiger partial charge in [0.05, 0.1) is 23.7 Å². The molecule has 0 spiro atoms. The molecular formula is C22H16O6. The van der Waals surface area contributed by atoms with Gasteiger partial charge >= 0.3 is 11.9 Å². The summed E-state index contributed by atoms with van der Waals surface area (Å²) in [5.41, 5.74) is 0.731. The highest BCUT2D eigenvalue weighted by Crippen LogP contribution is 2.24. The van der Waals surface area contributed by atoms with Crippen molar-refractivity contribution in [2.24, 2.45) is 0 Å². The Morgan fingerprint density at radius 1 is 0.643 bits per heavy atom. The van der Waals surface area contributed by atoms with Crippen molar-refractivity contribution in [3.8, 4) is 0 Å². The van der Waals surface area contributed by atoms with Gasteiger partial charge in [-0.2, -0.15) is 0 Å². The third-order valence-corrected chi connectivity index (χ3v) is 4.21. The smallest absolute Gasteiger partial charge is 0.339 e. The molecule has 0 saturated carbocycles. The molecule has 28 heavy (non-hydrogen) atoms. The summed E-state index contributed by atoms with van der Waals surface area (Å²) in [7, 11) is 0. The zero-order chi connectivity index (χ0) is 19.3. The van der Waals surface area contributed by atoms with E-state index < -0.39 is 11.9 Å². The molecule has 0 fully saturated rings. The van der Waals surface area contributed by atoms with Crippen LogP contribution in [0.3, 0.4) is 0 Å². The van der Waals surface area contributed by atoms with Crippen LogP contribution in [0.15, 0.2) is 82.0 Å². The van der Waals surface area contributed by atoms with Crippen LogP contribution < -0.4 is 0 Å². The van der Waals surface area contributed by atoms with Gasteiger partial charge in [-0.15, -0.1) is 0 Å². The zero-order valence-corrected chi connectivity index (χ0v) is 14.8. The summed E-state index contributed by atoms with van der Waals surface area (Å²) in [5.74, 6) is 0.109. The average molecular weight is 376 g/mol. The number of ether oxygens (including phenoxy) is 2. The second kappa shape index (κ2) is 7.84. The molecule has 4 aromatic rings. The van der Waals surface area contributed by atoms with Gasteiger partial charge < -0.3 is 18.3 Å². The van der Waals surface area contributed by atoms with Crippen LogP contribution in [0.5, 0.6) is 0 Å². The summed E-state index contributed by atoms with van der Waals surface area (Å²) in [6.07, 6.45) is 3.03.